The van der Waals surface area contributed by atoms with Crippen molar-refractivity contribution in [3.63, 3.8) is 0 Å². The number of anilines is 1. The van der Waals surface area contributed by atoms with E-state index in [0.29, 0.717) is 12.1 Å². The number of amides is 2. The van der Waals surface area contributed by atoms with Crippen LogP contribution in [0.5, 0.6) is 0 Å². The molecular weight excluding hydrogens is 308 g/mol. The molecule has 0 spiro atoms. The van der Waals surface area contributed by atoms with Crippen LogP contribution in [0.4, 0.5) is 10.5 Å². The maximum Gasteiger partial charge on any atom is 0.319 e. The first-order valence-electron chi connectivity index (χ1n) is 7.96. The van der Waals surface area contributed by atoms with Gasteiger partial charge in [-0.1, -0.05) is 0 Å². The highest BCUT2D eigenvalue weighted by atomic mass is 16.4. The van der Waals surface area contributed by atoms with E-state index in [-0.39, 0.29) is 18.5 Å². The molecule has 0 radical (unpaired) electrons. The fourth-order valence-electron chi connectivity index (χ4n) is 2.48. The Morgan fingerprint density at radius 1 is 1.33 bits per heavy atom. The molecular formula is C17H24N4O3. The molecule has 0 saturated heterocycles. The van der Waals surface area contributed by atoms with E-state index in [0.717, 1.165) is 10.9 Å². The molecule has 3 N–H and O–H groups in total. The van der Waals surface area contributed by atoms with E-state index in [9.17, 15) is 9.59 Å². The first-order chi connectivity index (χ1) is 11.2. The zero-order valence-corrected chi connectivity index (χ0v) is 14.5. The van der Waals surface area contributed by atoms with Crippen LogP contribution < -0.4 is 10.6 Å². The van der Waals surface area contributed by atoms with Crippen LogP contribution in [0.25, 0.3) is 10.9 Å². The topological polar surface area (TPSA) is 96.3 Å². The standard InChI is InChI=1S/C17H24N4O3/c1-11(2)21-14-9-13(6-5-12(14)10-18-21)19-16(24)20-17(3,4)8-7-15(22)23/h5-6,9-11H,7-8H2,1-4H3,(H,22,23)(H2,19,20,24). The zero-order valence-electron chi connectivity index (χ0n) is 14.5. The summed E-state index contributed by atoms with van der Waals surface area (Å²) in [6.07, 6.45) is 2.16. The molecule has 1 aromatic carbocycles. The number of hydrogen-bond donors (Lipinski definition) is 3. The van der Waals surface area contributed by atoms with Crippen molar-refractivity contribution in [1.82, 2.24) is 15.1 Å². The van der Waals surface area contributed by atoms with Crippen molar-refractivity contribution < 1.29 is 14.7 Å². The molecule has 1 aromatic heterocycles. The van der Waals surface area contributed by atoms with Gasteiger partial charge in [-0.05, 0) is 52.3 Å². The molecule has 24 heavy (non-hydrogen) atoms. The lowest BCUT2D eigenvalue weighted by Gasteiger charge is -2.25. The normalized spacial score (nSPS) is 11.7. The van der Waals surface area contributed by atoms with Crippen LogP contribution in [0.15, 0.2) is 24.4 Å². The lowest BCUT2D eigenvalue weighted by atomic mass is 9.99. The Morgan fingerprint density at radius 2 is 2.04 bits per heavy atom. The molecule has 7 heteroatoms. The predicted octanol–water partition coefficient (Wildman–Crippen LogP) is 3.38. The maximum absolute atomic E-state index is 12.2. The molecule has 2 rings (SSSR count). The Labute approximate surface area is 141 Å². The average molecular weight is 332 g/mol. The molecule has 0 saturated carbocycles. The number of carboxylic acid groups (broad SMARTS) is 1. The van der Waals surface area contributed by atoms with Gasteiger partial charge in [0.1, 0.15) is 0 Å². The van der Waals surface area contributed by atoms with Crippen LogP contribution in [0.3, 0.4) is 0 Å². The van der Waals surface area contributed by atoms with Crippen molar-refractivity contribution in [3.8, 4) is 0 Å². The second-order valence-corrected chi connectivity index (χ2v) is 6.81. The van der Waals surface area contributed by atoms with Crippen molar-refractivity contribution >= 4 is 28.6 Å². The average Bonchev–Trinajstić information content (AvgIpc) is 2.88. The Bertz CT molecular complexity index is 749. The van der Waals surface area contributed by atoms with Crippen LogP contribution >= 0.6 is 0 Å². The van der Waals surface area contributed by atoms with E-state index in [2.05, 4.69) is 15.7 Å². The molecule has 2 amide bonds. The third kappa shape index (κ3) is 4.47. The van der Waals surface area contributed by atoms with Crippen molar-refractivity contribution in [1.29, 1.82) is 0 Å². The Hall–Kier alpha value is -2.57. The molecule has 0 bridgehead atoms. The second kappa shape index (κ2) is 6.90. The number of urea groups is 1. The highest BCUT2D eigenvalue weighted by Crippen LogP contribution is 2.22. The van der Waals surface area contributed by atoms with E-state index in [4.69, 9.17) is 5.11 Å². The van der Waals surface area contributed by atoms with Gasteiger partial charge in [-0.3, -0.25) is 9.48 Å². The van der Waals surface area contributed by atoms with Gasteiger partial charge in [0.15, 0.2) is 0 Å². The van der Waals surface area contributed by atoms with E-state index >= 15 is 0 Å². The number of nitrogens with zero attached hydrogens (tertiary/aromatic N) is 2. The summed E-state index contributed by atoms with van der Waals surface area (Å²) in [5.74, 6) is -0.877. The highest BCUT2D eigenvalue weighted by Gasteiger charge is 2.21. The van der Waals surface area contributed by atoms with Gasteiger partial charge in [0.25, 0.3) is 0 Å². The van der Waals surface area contributed by atoms with E-state index in [1.165, 1.54) is 0 Å². The van der Waals surface area contributed by atoms with Gasteiger partial charge in [-0.25, -0.2) is 4.79 Å². The Morgan fingerprint density at radius 3 is 2.67 bits per heavy atom. The number of fused-ring (bicyclic) bond motifs is 1. The summed E-state index contributed by atoms with van der Waals surface area (Å²) in [5.41, 5.74) is 1.01. The van der Waals surface area contributed by atoms with Crippen molar-refractivity contribution in [2.24, 2.45) is 0 Å². The molecule has 7 nitrogen and oxygen atoms in total. The van der Waals surface area contributed by atoms with Crippen LogP contribution in [-0.4, -0.2) is 32.4 Å². The molecule has 0 aliphatic heterocycles. The van der Waals surface area contributed by atoms with Gasteiger partial charge in [-0.15, -0.1) is 0 Å². The van der Waals surface area contributed by atoms with Crippen LogP contribution in [0, 0.1) is 0 Å². The first-order valence-corrected chi connectivity index (χ1v) is 7.96. The summed E-state index contributed by atoms with van der Waals surface area (Å²) >= 11 is 0. The Balaban J connectivity index is 2.07. The molecule has 2 aromatic rings. The summed E-state index contributed by atoms with van der Waals surface area (Å²) in [6, 6.07) is 5.47. The number of carbonyl (C=O) groups is 2. The van der Waals surface area contributed by atoms with Gasteiger partial charge in [0.2, 0.25) is 0 Å². The SMILES string of the molecule is CC(C)n1ncc2ccc(NC(=O)NC(C)(C)CCC(=O)O)cc21. The number of aliphatic carboxylic acids is 1. The van der Waals surface area contributed by atoms with Crippen LogP contribution in [-0.2, 0) is 4.79 Å². The van der Waals surface area contributed by atoms with E-state index < -0.39 is 11.5 Å². The molecule has 1 heterocycles. The first kappa shape index (κ1) is 17.8. The molecule has 130 valence electrons. The summed E-state index contributed by atoms with van der Waals surface area (Å²) in [4.78, 5) is 22.8. The van der Waals surface area contributed by atoms with Crippen molar-refractivity contribution in [2.45, 2.75) is 52.1 Å². The summed E-state index contributed by atoms with van der Waals surface area (Å²) in [5, 5.41) is 19.7. The molecule has 0 fully saturated rings. The third-order valence-electron chi connectivity index (χ3n) is 3.76. The number of benzene rings is 1. The second-order valence-electron chi connectivity index (χ2n) is 6.81. The fraction of sp³-hybridized carbons (Fsp3) is 0.471. The smallest absolute Gasteiger partial charge is 0.319 e. The lowest BCUT2D eigenvalue weighted by molar-refractivity contribution is -0.137. The van der Waals surface area contributed by atoms with E-state index in [1.807, 2.05) is 36.7 Å². The molecule has 0 atom stereocenters. The summed E-state index contributed by atoms with van der Waals surface area (Å²) in [6.45, 7) is 7.69. The van der Waals surface area contributed by atoms with Crippen molar-refractivity contribution in [2.75, 3.05) is 5.32 Å². The largest absolute Gasteiger partial charge is 0.481 e. The third-order valence-corrected chi connectivity index (χ3v) is 3.76. The van der Waals surface area contributed by atoms with Crippen LogP contribution in [0.2, 0.25) is 0 Å². The van der Waals surface area contributed by atoms with Gasteiger partial charge < -0.3 is 15.7 Å². The van der Waals surface area contributed by atoms with Crippen LogP contribution in [0.1, 0.15) is 46.6 Å². The number of rotatable bonds is 6. The summed E-state index contributed by atoms with van der Waals surface area (Å²) < 4.78 is 1.90. The molecule has 0 aliphatic rings. The quantitative estimate of drug-likeness (QED) is 0.755. The predicted molar refractivity (Wildman–Crippen MR) is 93.2 cm³/mol. The molecule has 0 unspecified atom stereocenters. The monoisotopic (exact) mass is 332 g/mol. The maximum atomic E-state index is 12.2. The fourth-order valence-corrected chi connectivity index (χ4v) is 2.48. The number of nitrogens with one attached hydrogen (secondary N) is 2. The minimum absolute atomic E-state index is 0.00676. The van der Waals surface area contributed by atoms with Gasteiger partial charge >= 0.3 is 12.0 Å². The summed E-state index contributed by atoms with van der Waals surface area (Å²) in [7, 11) is 0. The van der Waals surface area contributed by atoms with Crippen molar-refractivity contribution in [3.05, 3.63) is 24.4 Å². The molecule has 0 aliphatic carbocycles. The lowest BCUT2D eigenvalue weighted by Crippen LogP contribution is -2.45. The number of aromatic nitrogens is 2. The highest BCUT2D eigenvalue weighted by molar-refractivity contribution is 5.92. The zero-order chi connectivity index (χ0) is 17.9. The van der Waals surface area contributed by atoms with Gasteiger partial charge in [0, 0.05) is 29.1 Å². The minimum Gasteiger partial charge on any atom is -0.481 e. The number of hydrogen-bond acceptors (Lipinski definition) is 3. The number of carbonyl (C=O) groups excluding carboxylic acids is 1. The number of carboxylic acids is 1. The minimum atomic E-state index is -0.877. The van der Waals surface area contributed by atoms with E-state index in [1.54, 1.807) is 20.0 Å². The van der Waals surface area contributed by atoms with Gasteiger partial charge in [0.05, 0.1) is 11.7 Å². The Kier molecular flexibility index (Phi) is 5.11. The van der Waals surface area contributed by atoms with Gasteiger partial charge in [-0.2, -0.15) is 5.10 Å².